The van der Waals surface area contributed by atoms with Gasteiger partial charge in [0.2, 0.25) is 0 Å². The summed E-state index contributed by atoms with van der Waals surface area (Å²) >= 11 is 0. The van der Waals surface area contributed by atoms with Crippen molar-refractivity contribution in [2.75, 3.05) is 5.73 Å². The number of pyridine rings is 1. The quantitative estimate of drug-likeness (QED) is 0.709. The van der Waals surface area contributed by atoms with Crippen LogP contribution in [0.25, 0.3) is 16.6 Å². The number of fused-ring (bicyclic) bond motifs is 1. The van der Waals surface area contributed by atoms with Gasteiger partial charge in [-0.1, -0.05) is 18.2 Å². The number of aryl methyl sites for hydroxylation is 2. The predicted molar refractivity (Wildman–Crippen MR) is 72.8 cm³/mol. The number of hydrogen-bond donors (Lipinski definition) is 1. The van der Waals surface area contributed by atoms with E-state index in [2.05, 4.69) is 10.1 Å². The third-order valence-electron chi connectivity index (χ3n) is 3.00. The highest BCUT2D eigenvalue weighted by atomic mass is 15.3. The SMILES string of the molecule is Cc1cc(C)n(-c2c(N)cnc3ccccc23)n1. The van der Waals surface area contributed by atoms with Crippen molar-refractivity contribution in [3.63, 3.8) is 0 Å². The van der Waals surface area contributed by atoms with E-state index >= 15 is 0 Å². The second-order valence-electron chi connectivity index (χ2n) is 4.42. The molecular formula is C14H14N4. The van der Waals surface area contributed by atoms with Crippen molar-refractivity contribution < 1.29 is 0 Å². The first-order valence-electron chi connectivity index (χ1n) is 5.83. The summed E-state index contributed by atoms with van der Waals surface area (Å²) in [5.41, 5.74) is 10.6. The number of benzene rings is 1. The number of rotatable bonds is 1. The number of para-hydroxylation sites is 1. The number of nitrogens with two attached hydrogens (primary N) is 1. The van der Waals surface area contributed by atoms with E-state index in [4.69, 9.17) is 5.73 Å². The lowest BCUT2D eigenvalue weighted by molar-refractivity contribution is 0.840. The van der Waals surface area contributed by atoms with E-state index in [0.29, 0.717) is 5.69 Å². The smallest absolute Gasteiger partial charge is 0.0987 e. The van der Waals surface area contributed by atoms with Crippen LogP contribution in [0.2, 0.25) is 0 Å². The maximum absolute atomic E-state index is 6.07. The highest BCUT2D eigenvalue weighted by molar-refractivity contribution is 5.92. The Morgan fingerprint density at radius 3 is 2.67 bits per heavy atom. The Morgan fingerprint density at radius 2 is 1.94 bits per heavy atom. The lowest BCUT2D eigenvalue weighted by atomic mass is 10.1. The van der Waals surface area contributed by atoms with E-state index in [0.717, 1.165) is 28.0 Å². The minimum absolute atomic E-state index is 0.639. The Bertz CT molecular complexity index is 728. The van der Waals surface area contributed by atoms with Gasteiger partial charge in [0.1, 0.15) is 0 Å². The van der Waals surface area contributed by atoms with Crippen LogP contribution in [0.1, 0.15) is 11.4 Å². The average Bonchev–Trinajstić information content (AvgIpc) is 2.68. The molecule has 0 aliphatic rings. The van der Waals surface area contributed by atoms with Gasteiger partial charge in [-0.25, -0.2) is 4.68 Å². The Hall–Kier alpha value is -2.36. The molecule has 2 aromatic heterocycles. The van der Waals surface area contributed by atoms with Crippen molar-refractivity contribution in [2.24, 2.45) is 0 Å². The zero-order valence-corrected chi connectivity index (χ0v) is 10.4. The van der Waals surface area contributed by atoms with Gasteiger partial charge in [-0.2, -0.15) is 5.10 Å². The minimum atomic E-state index is 0.639. The Morgan fingerprint density at radius 1 is 1.17 bits per heavy atom. The van der Waals surface area contributed by atoms with Crippen LogP contribution in [-0.2, 0) is 0 Å². The Kier molecular flexibility index (Phi) is 2.30. The van der Waals surface area contributed by atoms with Gasteiger partial charge in [-0.3, -0.25) is 4.98 Å². The number of nitrogens with zero attached hydrogens (tertiary/aromatic N) is 3. The van der Waals surface area contributed by atoms with Gasteiger partial charge in [-0.05, 0) is 26.0 Å². The standard InChI is InChI=1S/C14H14N4/c1-9-7-10(2)18(17-9)14-11-5-3-4-6-13(11)16-8-12(14)15/h3-8H,15H2,1-2H3. The van der Waals surface area contributed by atoms with Gasteiger partial charge >= 0.3 is 0 Å². The summed E-state index contributed by atoms with van der Waals surface area (Å²) in [6, 6.07) is 9.98. The summed E-state index contributed by atoms with van der Waals surface area (Å²) < 4.78 is 1.88. The first kappa shape index (κ1) is 10.8. The normalized spacial score (nSPS) is 11.0. The molecule has 2 N–H and O–H groups in total. The average molecular weight is 238 g/mol. The molecule has 18 heavy (non-hydrogen) atoms. The minimum Gasteiger partial charge on any atom is -0.396 e. The fourth-order valence-corrected chi connectivity index (χ4v) is 2.23. The molecule has 0 amide bonds. The second kappa shape index (κ2) is 3.84. The molecule has 1 aromatic carbocycles. The molecule has 0 unspecified atom stereocenters. The van der Waals surface area contributed by atoms with E-state index < -0.39 is 0 Å². The Balaban J connectivity index is 2.41. The number of hydrogen-bond acceptors (Lipinski definition) is 3. The molecule has 0 aliphatic heterocycles. The first-order chi connectivity index (χ1) is 8.66. The maximum Gasteiger partial charge on any atom is 0.0987 e. The van der Waals surface area contributed by atoms with Crippen molar-refractivity contribution in [3.05, 3.63) is 47.9 Å². The molecule has 90 valence electrons. The van der Waals surface area contributed by atoms with Gasteiger partial charge in [-0.15, -0.1) is 0 Å². The van der Waals surface area contributed by atoms with Crippen molar-refractivity contribution in [1.82, 2.24) is 14.8 Å². The van der Waals surface area contributed by atoms with Crippen LogP contribution in [0.5, 0.6) is 0 Å². The lowest BCUT2D eigenvalue weighted by Crippen LogP contribution is -2.05. The highest BCUT2D eigenvalue weighted by Crippen LogP contribution is 2.26. The topological polar surface area (TPSA) is 56.7 Å². The lowest BCUT2D eigenvalue weighted by Gasteiger charge is -2.11. The van der Waals surface area contributed by atoms with Crippen LogP contribution >= 0.6 is 0 Å². The molecule has 3 aromatic rings. The van der Waals surface area contributed by atoms with Crippen molar-refractivity contribution >= 4 is 16.6 Å². The van der Waals surface area contributed by atoms with Crippen LogP contribution < -0.4 is 5.73 Å². The summed E-state index contributed by atoms with van der Waals surface area (Å²) in [5.74, 6) is 0. The third-order valence-corrected chi connectivity index (χ3v) is 3.00. The van der Waals surface area contributed by atoms with E-state index in [1.165, 1.54) is 0 Å². The molecule has 0 bridgehead atoms. The van der Waals surface area contributed by atoms with Gasteiger partial charge in [0, 0.05) is 11.1 Å². The molecule has 0 saturated carbocycles. The van der Waals surface area contributed by atoms with Crippen LogP contribution in [0.15, 0.2) is 36.5 Å². The summed E-state index contributed by atoms with van der Waals surface area (Å²) in [6.07, 6.45) is 1.69. The molecule has 4 heteroatoms. The van der Waals surface area contributed by atoms with E-state index in [-0.39, 0.29) is 0 Å². The molecule has 0 aliphatic carbocycles. The van der Waals surface area contributed by atoms with E-state index in [1.54, 1.807) is 6.20 Å². The molecule has 0 radical (unpaired) electrons. The number of aromatic nitrogens is 3. The van der Waals surface area contributed by atoms with Gasteiger partial charge in [0.25, 0.3) is 0 Å². The Labute approximate surface area is 105 Å². The predicted octanol–water partition coefficient (Wildman–Crippen LogP) is 2.62. The van der Waals surface area contributed by atoms with E-state index in [1.807, 2.05) is 48.9 Å². The van der Waals surface area contributed by atoms with Crippen LogP contribution in [0.3, 0.4) is 0 Å². The molecule has 3 rings (SSSR count). The molecular weight excluding hydrogens is 224 g/mol. The fraction of sp³-hybridized carbons (Fsp3) is 0.143. The third kappa shape index (κ3) is 1.54. The number of anilines is 1. The highest BCUT2D eigenvalue weighted by Gasteiger charge is 2.11. The maximum atomic E-state index is 6.07. The number of nitrogen functional groups attached to an aromatic ring is 1. The molecule has 4 nitrogen and oxygen atoms in total. The fourth-order valence-electron chi connectivity index (χ4n) is 2.23. The molecule has 0 spiro atoms. The van der Waals surface area contributed by atoms with Crippen LogP contribution in [-0.4, -0.2) is 14.8 Å². The summed E-state index contributed by atoms with van der Waals surface area (Å²) in [4.78, 5) is 4.34. The van der Waals surface area contributed by atoms with Crippen molar-refractivity contribution in [2.45, 2.75) is 13.8 Å². The summed E-state index contributed by atoms with van der Waals surface area (Å²) in [6.45, 7) is 4.00. The van der Waals surface area contributed by atoms with E-state index in [9.17, 15) is 0 Å². The molecule has 0 atom stereocenters. The van der Waals surface area contributed by atoms with Gasteiger partial charge < -0.3 is 5.73 Å². The van der Waals surface area contributed by atoms with Gasteiger partial charge in [0.05, 0.1) is 28.8 Å². The van der Waals surface area contributed by atoms with Crippen molar-refractivity contribution in [3.8, 4) is 5.69 Å². The summed E-state index contributed by atoms with van der Waals surface area (Å²) in [5, 5.41) is 5.52. The van der Waals surface area contributed by atoms with Crippen molar-refractivity contribution in [1.29, 1.82) is 0 Å². The van der Waals surface area contributed by atoms with Gasteiger partial charge in [0.15, 0.2) is 0 Å². The first-order valence-corrected chi connectivity index (χ1v) is 5.83. The van der Waals surface area contributed by atoms with Crippen LogP contribution in [0, 0.1) is 13.8 Å². The molecule has 2 heterocycles. The second-order valence-corrected chi connectivity index (χ2v) is 4.42. The summed E-state index contributed by atoms with van der Waals surface area (Å²) in [7, 11) is 0. The van der Waals surface area contributed by atoms with Crippen LogP contribution in [0.4, 0.5) is 5.69 Å². The molecule has 0 saturated heterocycles. The molecule has 0 fully saturated rings. The largest absolute Gasteiger partial charge is 0.396 e. The monoisotopic (exact) mass is 238 g/mol. The zero-order chi connectivity index (χ0) is 12.7. The zero-order valence-electron chi connectivity index (χ0n) is 10.4.